The van der Waals surface area contributed by atoms with Crippen LogP contribution < -0.4 is 20.1 Å². The molecule has 0 unspecified atom stereocenters. The van der Waals surface area contributed by atoms with Crippen LogP contribution in [0.4, 0.5) is 0 Å². The van der Waals surface area contributed by atoms with E-state index < -0.39 is 12.2 Å². The van der Waals surface area contributed by atoms with Gasteiger partial charge in [-0.05, 0) is 84.0 Å². The van der Waals surface area contributed by atoms with Crippen LogP contribution in [0.15, 0.2) is 146 Å². The Hall–Kier alpha value is -5.24. The molecular weight excluding hydrogens is 693 g/mol. The van der Waals surface area contributed by atoms with Gasteiger partial charge in [-0.25, -0.2) is 0 Å². The van der Waals surface area contributed by atoms with Crippen LogP contribution in [0.25, 0.3) is 0 Å². The summed E-state index contributed by atoms with van der Waals surface area (Å²) in [6, 6.07) is 49.4. The molecule has 0 bridgehead atoms. The van der Waals surface area contributed by atoms with E-state index in [0.29, 0.717) is 13.2 Å². The monoisotopic (exact) mass is 746 g/mol. The Morgan fingerprint density at radius 1 is 0.464 bits per heavy atom. The number of benzene rings is 6. The van der Waals surface area contributed by atoms with Gasteiger partial charge in [0.2, 0.25) is 0 Å². The predicted molar refractivity (Wildman–Crippen MR) is 225 cm³/mol. The van der Waals surface area contributed by atoms with Crippen molar-refractivity contribution in [1.29, 1.82) is 0 Å². The second-order valence-electron chi connectivity index (χ2n) is 15.0. The van der Waals surface area contributed by atoms with E-state index in [1.54, 1.807) is 0 Å². The van der Waals surface area contributed by atoms with Gasteiger partial charge < -0.3 is 30.3 Å². The van der Waals surface area contributed by atoms with E-state index in [4.69, 9.17) is 9.47 Å². The van der Waals surface area contributed by atoms with Crippen LogP contribution in [0.1, 0.15) is 80.7 Å². The fourth-order valence-corrected chi connectivity index (χ4v) is 7.92. The minimum Gasteiger partial charge on any atom is -0.488 e. The van der Waals surface area contributed by atoms with Crippen molar-refractivity contribution in [3.05, 3.63) is 201 Å². The van der Waals surface area contributed by atoms with Crippen molar-refractivity contribution < 1.29 is 19.7 Å². The Morgan fingerprint density at radius 2 is 0.804 bits per heavy atom. The maximum atomic E-state index is 11.0. The van der Waals surface area contributed by atoms with Gasteiger partial charge in [0.25, 0.3) is 0 Å². The van der Waals surface area contributed by atoms with Gasteiger partial charge in [-0.1, -0.05) is 146 Å². The number of rotatable bonds is 12. The van der Waals surface area contributed by atoms with E-state index in [1.165, 1.54) is 11.1 Å². The predicted octanol–water partition coefficient (Wildman–Crippen LogP) is 9.42. The van der Waals surface area contributed by atoms with Gasteiger partial charge in [-0.15, -0.1) is 0 Å². The molecule has 6 aromatic rings. The van der Waals surface area contributed by atoms with Crippen molar-refractivity contribution >= 4 is 0 Å². The number of hydrogen-bond acceptors (Lipinski definition) is 6. The zero-order valence-corrected chi connectivity index (χ0v) is 32.5. The van der Waals surface area contributed by atoms with Crippen LogP contribution >= 0.6 is 0 Å². The molecule has 0 radical (unpaired) electrons. The van der Waals surface area contributed by atoms with Crippen LogP contribution in [-0.4, -0.2) is 22.3 Å². The molecule has 2 aliphatic rings. The minimum absolute atomic E-state index is 0.0531. The lowest BCUT2D eigenvalue weighted by molar-refractivity contribution is 0.113. The first-order valence-electron chi connectivity index (χ1n) is 19.9. The maximum absolute atomic E-state index is 11.0. The number of aliphatic hydroxyl groups is 2. The molecule has 0 heterocycles. The zero-order valence-electron chi connectivity index (χ0n) is 32.5. The van der Waals surface area contributed by atoms with Crippen molar-refractivity contribution in [2.24, 2.45) is 0 Å². The van der Waals surface area contributed by atoms with Crippen molar-refractivity contribution in [1.82, 2.24) is 10.6 Å². The largest absolute Gasteiger partial charge is 0.488 e. The smallest absolute Gasteiger partial charge is 0.126 e. The van der Waals surface area contributed by atoms with Gasteiger partial charge in [0.15, 0.2) is 0 Å². The van der Waals surface area contributed by atoms with E-state index >= 15 is 0 Å². The summed E-state index contributed by atoms with van der Waals surface area (Å²) in [5.41, 5.74) is 11.3. The highest BCUT2D eigenvalue weighted by atomic mass is 16.5. The Morgan fingerprint density at radius 3 is 1.16 bits per heavy atom. The molecule has 0 amide bonds. The number of aryl methyl sites for hydroxylation is 2. The molecule has 6 nitrogen and oxygen atoms in total. The molecule has 56 heavy (non-hydrogen) atoms. The lowest BCUT2D eigenvalue weighted by atomic mass is 9.84. The average molecular weight is 747 g/mol. The lowest BCUT2D eigenvalue weighted by Gasteiger charge is -2.32. The highest BCUT2D eigenvalue weighted by molar-refractivity contribution is 5.50. The summed E-state index contributed by atoms with van der Waals surface area (Å²) in [5.74, 6) is 1.86. The Labute approximate surface area is 332 Å². The van der Waals surface area contributed by atoms with Crippen molar-refractivity contribution in [3.8, 4) is 11.5 Å². The normalized spacial score (nSPS) is 18.5. The summed E-state index contributed by atoms with van der Waals surface area (Å²) in [6.07, 6.45) is 2.56. The SMILES string of the molecule is Cc1ccc2c(c1OCc1ccccc1)CC[C@@H](NCc1ccccc1)[C@@H]2O.Cc1ccc2c(c1OCc1ccccc1)CC[C@H](NCc1ccccc1)[C@H]2O. The lowest BCUT2D eigenvalue weighted by Crippen LogP contribution is -2.38. The van der Waals surface area contributed by atoms with Gasteiger partial charge in [-0.2, -0.15) is 0 Å². The first kappa shape index (κ1) is 39.0. The maximum Gasteiger partial charge on any atom is 0.126 e. The Bertz CT molecular complexity index is 1970. The quantitative estimate of drug-likeness (QED) is 0.1000. The molecule has 4 atom stereocenters. The third-order valence-corrected chi connectivity index (χ3v) is 11.1. The Balaban J connectivity index is 0.000000172. The number of nitrogens with one attached hydrogen (secondary N) is 2. The molecule has 4 N–H and O–H groups in total. The van der Waals surface area contributed by atoms with Crippen LogP contribution in [0.3, 0.4) is 0 Å². The second kappa shape index (κ2) is 19.1. The number of aliphatic hydroxyl groups excluding tert-OH is 2. The van der Waals surface area contributed by atoms with Crippen LogP contribution in [0, 0.1) is 13.8 Å². The summed E-state index contributed by atoms with van der Waals surface area (Å²) in [5, 5.41) is 29.0. The fourth-order valence-electron chi connectivity index (χ4n) is 7.92. The Kier molecular flexibility index (Phi) is 13.3. The van der Waals surface area contributed by atoms with E-state index in [-0.39, 0.29) is 12.1 Å². The summed E-state index contributed by atoms with van der Waals surface area (Å²) >= 11 is 0. The van der Waals surface area contributed by atoms with Crippen LogP contribution in [-0.2, 0) is 39.1 Å². The summed E-state index contributed by atoms with van der Waals surface area (Å²) < 4.78 is 12.4. The molecule has 2 aliphatic carbocycles. The highest BCUT2D eigenvalue weighted by Crippen LogP contribution is 2.39. The summed E-state index contributed by atoms with van der Waals surface area (Å²) in [7, 11) is 0. The number of ether oxygens (including phenoxy) is 2. The molecule has 6 heteroatoms. The van der Waals surface area contributed by atoms with Gasteiger partial charge in [0, 0.05) is 36.3 Å². The topological polar surface area (TPSA) is 83.0 Å². The fraction of sp³-hybridized carbons (Fsp3) is 0.280. The first-order chi connectivity index (χ1) is 27.4. The van der Waals surface area contributed by atoms with Crippen molar-refractivity contribution in [2.75, 3.05) is 0 Å². The van der Waals surface area contributed by atoms with Gasteiger partial charge in [0.1, 0.15) is 24.7 Å². The summed E-state index contributed by atoms with van der Waals surface area (Å²) in [4.78, 5) is 0. The number of fused-ring (bicyclic) bond motifs is 2. The van der Waals surface area contributed by atoms with E-state index in [2.05, 4.69) is 97.3 Å². The van der Waals surface area contributed by atoms with Crippen molar-refractivity contribution in [3.63, 3.8) is 0 Å². The van der Waals surface area contributed by atoms with Gasteiger partial charge >= 0.3 is 0 Å². The molecule has 0 aliphatic heterocycles. The van der Waals surface area contributed by atoms with E-state index in [0.717, 1.165) is 94.8 Å². The van der Waals surface area contributed by atoms with Gasteiger partial charge in [0.05, 0.1) is 12.2 Å². The molecule has 0 fully saturated rings. The molecule has 288 valence electrons. The first-order valence-corrected chi connectivity index (χ1v) is 19.9. The van der Waals surface area contributed by atoms with Crippen LogP contribution in [0.5, 0.6) is 11.5 Å². The highest BCUT2D eigenvalue weighted by Gasteiger charge is 2.31. The number of hydrogen-bond donors (Lipinski definition) is 4. The average Bonchev–Trinajstić information content (AvgIpc) is 3.24. The summed E-state index contributed by atoms with van der Waals surface area (Å²) in [6.45, 7) is 6.77. The standard InChI is InChI=1S/2C25H27NO2/c2*1-18-12-13-21-22(25(18)28-17-20-10-6-3-7-11-20)14-15-23(24(21)27)26-16-19-8-4-2-5-9-19/h2*2-13,23-24,26-27H,14-17H2,1H3/t2*23-,24-/m10/s1. The molecule has 0 saturated carbocycles. The van der Waals surface area contributed by atoms with E-state index in [1.807, 2.05) is 72.8 Å². The molecule has 0 saturated heterocycles. The molecular formula is C50H54N2O4. The second-order valence-corrected chi connectivity index (χ2v) is 15.0. The molecule has 0 spiro atoms. The molecule has 8 rings (SSSR count). The van der Waals surface area contributed by atoms with Crippen molar-refractivity contribution in [2.45, 2.75) is 90.1 Å². The molecule has 6 aromatic carbocycles. The van der Waals surface area contributed by atoms with E-state index in [9.17, 15) is 10.2 Å². The van der Waals surface area contributed by atoms with Gasteiger partial charge in [-0.3, -0.25) is 0 Å². The molecule has 0 aromatic heterocycles. The third-order valence-electron chi connectivity index (χ3n) is 11.1. The van der Waals surface area contributed by atoms with Crippen LogP contribution in [0.2, 0.25) is 0 Å². The minimum atomic E-state index is -0.521. The third kappa shape index (κ3) is 9.76. The zero-order chi connectivity index (χ0) is 38.7.